The van der Waals surface area contributed by atoms with Gasteiger partial charge >= 0.3 is 17.7 Å². The first-order valence-electron chi connectivity index (χ1n) is 9.89. The van der Waals surface area contributed by atoms with Gasteiger partial charge in [0.15, 0.2) is 5.75 Å². The van der Waals surface area contributed by atoms with E-state index < -0.39 is 18.1 Å². The van der Waals surface area contributed by atoms with E-state index in [1.807, 2.05) is 30.3 Å². The zero-order valence-corrected chi connectivity index (χ0v) is 17.5. The van der Waals surface area contributed by atoms with Gasteiger partial charge in [-0.15, -0.1) is 0 Å². The van der Waals surface area contributed by atoms with Gasteiger partial charge in [0.25, 0.3) is 0 Å². The van der Waals surface area contributed by atoms with Crippen LogP contribution < -0.4 is 15.7 Å². The molecule has 0 spiro atoms. The number of ether oxygens (including phenoxy) is 2. The fourth-order valence-electron chi connectivity index (χ4n) is 3.56. The molecule has 31 heavy (non-hydrogen) atoms. The van der Waals surface area contributed by atoms with E-state index in [0.29, 0.717) is 17.6 Å². The Kier molecular flexibility index (Phi) is 5.95. The predicted octanol–water partition coefficient (Wildman–Crippen LogP) is 4.16. The first kappa shape index (κ1) is 20.9. The number of hydrogen-bond acceptors (Lipinski definition) is 6. The molecule has 4 rings (SSSR count). The monoisotopic (exact) mass is 441 g/mol. The van der Waals surface area contributed by atoms with E-state index >= 15 is 0 Å². The van der Waals surface area contributed by atoms with Crippen LogP contribution in [0.2, 0.25) is 5.02 Å². The third-order valence-electron chi connectivity index (χ3n) is 5.14. The van der Waals surface area contributed by atoms with Gasteiger partial charge in [0.2, 0.25) is 0 Å². The zero-order chi connectivity index (χ0) is 22.0. The summed E-state index contributed by atoms with van der Waals surface area (Å²) in [4.78, 5) is 36.5. The Bertz CT molecular complexity index is 1200. The Labute approximate surface area is 182 Å². The molecule has 0 aliphatic heterocycles. The van der Waals surface area contributed by atoms with Crippen LogP contribution in [0.4, 0.5) is 4.79 Å². The highest BCUT2D eigenvalue weighted by atomic mass is 35.5. The number of amides is 1. The number of aryl methyl sites for hydroxylation is 1. The van der Waals surface area contributed by atoms with Crippen LogP contribution in [0, 0.1) is 0 Å². The number of hydrogen-bond donors (Lipinski definition) is 1. The van der Waals surface area contributed by atoms with Crippen molar-refractivity contribution in [3.8, 4) is 5.75 Å². The summed E-state index contributed by atoms with van der Waals surface area (Å²) >= 11 is 6.31. The van der Waals surface area contributed by atoms with Crippen molar-refractivity contribution in [1.82, 2.24) is 5.32 Å². The summed E-state index contributed by atoms with van der Waals surface area (Å²) < 4.78 is 15.8. The van der Waals surface area contributed by atoms with Crippen LogP contribution in [0.15, 0.2) is 51.7 Å². The van der Waals surface area contributed by atoms with Crippen molar-refractivity contribution in [2.45, 2.75) is 38.8 Å². The quantitative estimate of drug-likeness (QED) is 0.363. The number of carbonyl (C=O) groups excluding carboxylic acids is 2. The van der Waals surface area contributed by atoms with Gasteiger partial charge in [0.05, 0.1) is 5.02 Å². The van der Waals surface area contributed by atoms with Gasteiger partial charge in [-0.25, -0.2) is 14.4 Å². The van der Waals surface area contributed by atoms with Crippen molar-refractivity contribution in [1.29, 1.82) is 0 Å². The third kappa shape index (κ3) is 4.56. The number of halogens is 1. The summed E-state index contributed by atoms with van der Waals surface area (Å²) in [5, 5.41) is 3.37. The molecule has 8 heteroatoms. The Morgan fingerprint density at radius 3 is 2.68 bits per heavy atom. The van der Waals surface area contributed by atoms with Crippen molar-refractivity contribution < 1.29 is 23.5 Å². The van der Waals surface area contributed by atoms with Gasteiger partial charge < -0.3 is 19.2 Å². The molecule has 2 aromatic carbocycles. The van der Waals surface area contributed by atoms with Crippen LogP contribution >= 0.6 is 11.6 Å². The molecule has 7 nitrogen and oxygen atoms in total. The second-order valence-electron chi connectivity index (χ2n) is 7.33. The molecule has 1 N–H and O–H groups in total. The lowest BCUT2D eigenvalue weighted by Gasteiger charge is -2.14. The summed E-state index contributed by atoms with van der Waals surface area (Å²) in [5.41, 5.74) is 2.36. The zero-order valence-electron chi connectivity index (χ0n) is 16.8. The van der Waals surface area contributed by atoms with Gasteiger partial charge in [-0.2, -0.15) is 0 Å². The van der Waals surface area contributed by atoms with Gasteiger partial charge in [0.1, 0.15) is 18.2 Å². The molecule has 1 amide bonds. The summed E-state index contributed by atoms with van der Waals surface area (Å²) in [6.45, 7) is 1.54. The summed E-state index contributed by atoms with van der Waals surface area (Å²) in [6, 6.07) is 11.2. The van der Waals surface area contributed by atoms with Crippen molar-refractivity contribution in [2.75, 3.05) is 0 Å². The summed E-state index contributed by atoms with van der Waals surface area (Å²) in [7, 11) is 0. The Morgan fingerprint density at radius 2 is 1.90 bits per heavy atom. The molecule has 0 saturated carbocycles. The Hall–Kier alpha value is -3.32. The number of alkyl carbamates (subject to hydrolysis) is 1. The minimum absolute atomic E-state index is 0.0477. The van der Waals surface area contributed by atoms with Crippen LogP contribution in [-0.2, 0) is 29.0 Å². The van der Waals surface area contributed by atoms with Crippen molar-refractivity contribution in [2.24, 2.45) is 0 Å². The summed E-state index contributed by atoms with van der Waals surface area (Å²) in [6.07, 6.45) is 1.60. The molecular weight excluding hydrogens is 422 g/mol. The van der Waals surface area contributed by atoms with Crippen LogP contribution in [0.25, 0.3) is 11.0 Å². The maximum absolute atomic E-state index is 12.4. The highest BCUT2D eigenvalue weighted by molar-refractivity contribution is 6.33. The largest absolute Gasteiger partial charge is 0.445 e. The number of carbonyl (C=O) groups is 2. The number of esters is 1. The molecule has 1 atom stereocenters. The number of nitrogens with one attached hydrogen (secondary N) is 1. The molecule has 1 heterocycles. The molecule has 0 saturated heterocycles. The van der Waals surface area contributed by atoms with Crippen molar-refractivity contribution in [3.05, 3.63) is 74.6 Å². The number of rotatable bonds is 5. The average molecular weight is 442 g/mol. The molecule has 1 aliphatic carbocycles. The maximum atomic E-state index is 12.4. The van der Waals surface area contributed by atoms with Gasteiger partial charge in [0, 0.05) is 17.0 Å². The fourth-order valence-corrected chi connectivity index (χ4v) is 3.76. The Balaban J connectivity index is 1.43. The normalized spacial score (nSPS) is 13.5. The SMILES string of the molecule is C[C@H](NC(=O)OCc1ccccc1)C(=O)Oc1cc2oc(=O)c3c(c2cc1Cl)CCC3. The maximum Gasteiger partial charge on any atom is 0.408 e. The predicted molar refractivity (Wildman–Crippen MR) is 114 cm³/mol. The van der Waals surface area contributed by atoms with E-state index in [1.54, 1.807) is 6.07 Å². The standard InChI is InChI=1S/C23H20ClNO6/c1-13(25-23(28)29-12-14-6-3-2-4-7-14)21(26)31-20-11-19-17(10-18(20)24)15-8-5-9-16(15)22(27)30-19/h2-4,6-7,10-11,13H,5,8-9,12H2,1H3,(H,25,28)/t13-/m0/s1. The van der Waals surface area contributed by atoms with E-state index in [0.717, 1.165) is 29.4 Å². The van der Waals surface area contributed by atoms with Crippen molar-refractivity contribution >= 4 is 34.6 Å². The molecule has 3 aromatic rings. The average Bonchev–Trinajstić information content (AvgIpc) is 3.25. The van der Waals surface area contributed by atoms with Crippen LogP contribution in [0.1, 0.15) is 30.0 Å². The number of benzene rings is 2. The van der Waals surface area contributed by atoms with Crippen LogP contribution in [-0.4, -0.2) is 18.1 Å². The minimum atomic E-state index is -0.984. The highest BCUT2D eigenvalue weighted by Gasteiger charge is 2.23. The van der Waals surface area contributed by atoms with E-state index in [2.05, 4.69) is 5.32 Å². The first-order chi connectivity index (χ1) is 14.9. The van der Waals surface area contributed by atoms with Crippen molar-refractivity contribution in [3.63, 3.8) is 0 Å². The molecule has 0 bridgehead atoms. The molecule has 0 unspecified atom stereocenters. The second-order valence-corrected chi connectivity index (χ2v) is 7.74. The lowest BCUT2D eigenvalue weighted by atomic mass is 10.1. The van der Waals surface area contributed by atoms with Crippen LogP contribution in [0.3, 0.4) is 0 Å². The lowest BCUT2D eigenvalue weighted by molar-refractivity contribution is -0.136. The number of fused-ring (bicyclic) bond motifs is 3. The van der Waals surface area contributed by atoms with Gasteiger partial charge in [-0.3, -0.25) is 0 Å². The fraction of sp³-hybridized carbons (Fsp3) is 0.261. The Morgan fingerprint density at radius 1 is 1.16 bits per heavy atom. The third-order valence-corrected chi connectivity index (χ3v) is 5.43. The summed E-state index contributed by atoms with van der Waals surface area (Å²) in [5.74, 6) is -0.687. The molecular formula is C23H20ClNO6. The lowest BCUT2D eigenvalue weighted by Crippen LogP contribution is -2.41. The van der Waals surface area contributed by atoms with E-state index in [4.69, 9.17) is 25.5 Å². The second kappa shape index (κ2) is 8.81. The van der Waals surface area contributed by atoms with Gasteiger partial charge in [-0.1, -0.05) is 41.9 Å². The molecule has 0 radical (unpaired) electrons. The van der Waals surface area contributed by atoms with Gasteiger partial charge in [-0.05, 0) is 43.4 Å². The van der Waals surface area contributed by atoms with Crippen LogP contribution in [0.5, 0.6) is 5.75 Å². The van der Waals surface area contributed by atoms with E-state index in [9.17, 15) is 14.4 Å². The smallest absolute Gasteiger partial charge is 0.408 e. The molecule has 160 valence electrons. The highest BCUT2D eigenvalue weighted by Crippen LogP contribution is 2.34. The topological polar surface area (TPSA) is 94.8 Å². The van der Waals surface area contributed by atoms with E-state index in [-0.39, 0.29) is 23.0 Å². The molecule has 1 aromatic heterocycles. The minimum Gasteiger partial charge on any atom is -0.445 e. The van der Waals surface area contributed by atoms with E-state index in [1.165, 1.54) is 13.0 Å². The first-order valence-corrected chi connectivity index (χ1v) is 10.3. The molecule has 0 fully saturated rings. The molecule has 1 aliphatic rings.